The first-order chi connectivity index (χ1) is 14.3. The Labute approximate surface area is 180 Å². The van der Waals surface area contributed by atoms with Gasteiger partial charge in [-0.1, -0.05) is 15.9 Å². The number of nitrogens with one attached hydrogen (secondary N) is 3. The van der Waals surface area contributed by atoms with E-state index < -0.39 is 30.2 Å². The molecule has 0 bridgehead atoms. The number of anilines is 1. The highest BCUT2D eigenvalue weighted by Gasteiger charge is 2.11. The predicted molar refractivity (Wildman–Crippen MR) is 110 cm³/mol. The highest BCUT2D eigenvalue weighted by molar-refractivity contribution is 9.10. The van der Waals surface area contributed by atoms with Crippen molar-refractivity contribution in [2.45, 2.75) is 19.3 Å². The van der Waals surface area contributed by atoms with Crippen molar-refractivity contribution in [1.29, 1.82) is 0 Å². The molecule has 0 aliphatic heterocycles. The average Bonchev–Trinajstić information content (AvgIpc) is 2.72. The summed E-state index contributed by atoms with van der Waals surface area (Å²) in [4.78, 5) is 46.9. The second-order valence-electron chi connectivity index (χ2n) is 6.08. The Morgan fingerprint density at radius 2 is 1.53 bits per heavy atom. The van der Waals surface area contributed by atoms with E-state index in [1.165, 1.54) is 24.3 Å². The maximum absolute atomic E-state index is 12.8. The molecule has 0 radical (unpaired) electrons. The highest BCUT2D eigenvalue weighted by Crippen LogP contribution is 2.10. The number of hydrogen-bond donors (Lipinski definition) is 3. The molecule has 2 rings (SSSR count). The van der Waals surface area contributed by atoms with E-state index in [1.807, 2.05) is 0 Å². The number of esters is 1. The fourth-order valence-electron chi connectivity index (χ4n) is 2.20. The summed E-state index contributed by atoms with van der Waals surface area (Å²) in [6, 6.07) is 11.8. The van der Waals surface area contributed by atoms with Crippen molar-refractivity contribution in [1.82, 2.24) is 10.9 Å². The zero-order valence-electron chi connectivity index (χ0n) is 15.7. The molecule has 0 heterocycles. The number of hydrogen-bond acceptors (Lipinski definition) is 5. The zero-order valence-corrected chi connectivity index (χ0v) is 17.3. The molecule has 0 spiro atoms. The lowest BCUT2D eigenvalue weighted by Gasteiger charge is -2.08. The standard InChI is InChI=1S/C20H19BrFN3O5/c21-14-6-4-13(5-7-14)20(29)25-24-18(27)12-30-19(28)3-1-2-17(26)23-16-10-8-15(22)9-11-16/h4-11H,1-3,12H2,(H,23,26)(H,24,27)(H,25,29). The summed E-state index contributed by atoms with van der Waals surface area (Å²) >= 11 is 3.25. The van der Waals surface area contributed by atoms with Gasteiger partial charge in [0.05, 0.1) is 0 Å². The van der Waals surface area contributed by atoms with E-state index in [0.29, 0.717) is 11.3 Å². The van der Waals surface area contributed by atoms with Gasteiger partial charge in [0, 0.05) is 28.6 Å². The van der Waals surface area contributed by atoms with Crippen LogP contribution >= 0.6 is 15.9 Å². The third-order valence-corrected chi connectivity index (χ3v) is 4.23. The molecular weight excluding hydrogens is 461 g/mol. The molecule has 0 fully saturated rings. The van der Waals surface area contributed by atoms with Crippen LogP contribution in [-0.4, -0.2) is 30.3 Å². The smallest absolute Gasteiger partial charge is 0.306 e. The number of ether oxygens (including phenoxy) is 1. The Bertz CT molecular complexity index is 904. The van der Waals surface area contributed by atoms with Gasteiger partial charge in [-0.05, 0) is 55.0 Å². The summed E-state index contributed by atoms with van der Waals surface area (Å²) in [6.45, 7) is -0.568. The molecule has 158 valence electrons. The Kier molecular flexibility index (Phi) is 8.95. The van der Waals surface area contributed by atoms with Crippen molar-refractivity contribution in [2.75, 3.05) is 11.9 Å². The van der Waals surface area contributed by atoms with Crippen LogP contribution in [0.4, 0.5) is 10.1 Å². The van der Waals surface area contributed by atoms with Crippen LogP contribution < -0.4 is 16.2 Å². The van der Waals surface area contributed by atoms with Gasteiger partial charge in [-0.3, -0.25) is 30.0 Å². The lowest BCUT2D eigenvalue weighted by atomic mass is 10.2. The van der Waals surface area contributed by atoms with E-state index in [2.05, 4.69) is 32.1 Å². The molecular formula is C20H19BrFN3O5. The van der Waals surface area contributed by atoms with Crippen LogP contribution in [0.5, 0.6) is 0 Å². The molecule has 3 amide bonds. The number of halogens is 2. The minimum atomic E-state index is -0.706. The molecule has 30 heavy (non-hydrogen) atoms. The quantitative estimate of drug-likeness (QED) is 0.397. The van der Waals surface area contributed by atoms with Crippen LogP contribution in [0.15, 0.2) is 53.0 Å². The molecule has 0 aliphatic rings. The van der Waals surface area contributed by atoms with Crippen molar-refractivity contribution in [3.05, 3.63) is 64.4 Å². The maximum atomic E-state index is 12.8. The fraction of sp³-hybridized carbons (Fsp3) is 0.200. The largest absolute Gasteiger partial charge is 0.455 e. The third kappa shape index (κ3) is 8.39. The van der Waals surface area contributed by atoms with Gasteiger partial charge in [-0.2, -0.15) is 0 Å². The number of benzene rings is 2. The van der Waals surface area contributed by atoms with Crippen LogP contribution in [0.1, 0.15) is 29.6 Å². The fourth-order valence-corrected chi connectivity index (χ4v) is 2.47. The molecule has 0 aromatic heterocycles. The van der Waals surface area contributed by atoms with Gasteiger partial charge in [0.2, 0.25) is 5.91 Å². The maximum Gasteiger partial charge on any atom is 0.306 e. The molecule has 0 saturated carbocycles. The van der Waals surface area contributed by atoms with Gasteiger partial charge in [0.1, 0.15) is 5.82 Å². The van der Waals surface area contributed by atoms with Gasteiger partial charge >= 0.3 is 5.97 Å². The molecule has 0 saturated heterocycles. The lowest BCUT2D eigenvalue weighted by molar-refractivity contribution is -0.148. The minimum Gasteiger partial charge on any atom is -0.455 e. The number of carbonyl (C=O) groups is 4. The van der Waals surface area contributed by atoms with E-state index in [0.717, 1.165) is 4.47 Å². The van der Waals surface area contributed by atoms with Crippen molar-refractivity contribution < 1.29 is 28.3 Å². The number of rotatable bonds is 8. The Balaban J connectivity index is 1.59. The first-order valence-electron chi connectivity index (χ1n) is 8.89. The normalized spacial score (nSPS) is 10.1. The van der Waals surface area contributed by atoms with Crippen LogP contribution in [0.2, 0.25) is 0 Å². The minimum absolute atomic E-state index is 0.0575. The third-order valence-electron chi connectivity index (χ3n) is 3.70. The van der Waals surface area contributed by atoms with Gasteiger partial charge in [0.25, 0.3) is 11.8 Å². The van der Waals surface area contributed by atoms with Crippen molar-refractivity contribution in [3.8, 4) is 0 Å². The summed E-state index contributed by atoms with van der Waals surface area (Å²) in [5.41, 5.74) is 5.14. The lowest BCUT2D eigenvalue weighted by Crippen LogP contribution is -2.43. The molecule has 0 atom stereocenters. The van der Waals surface area contributed by atoms with E-state index in [9.17, 15) is 23.6 Å². The van der Waals surface area contributed by atoms with Crippen LogP contribution in [0, 0.1) is 5.82 Å². The molecule has 10 heteroatoms. The topological polar surface area (TPSA) is 114 Å². The second kappa shape index (κ2) is 11.7. The summed E-state index contributed by atoms with van der Waals surface area (Å²) in [5, 5.41) is 2.57. The Hall–Kier alpha value is -3.27. The molecule has 2 aromatic carbocycles. The number of hydrazine groups is 1. The van der Waals surface area contributed by atoms with Gasteiger partial charge in [0.15, 0.2) is 6.61 Å². The van der Waals surface area contributed by atoms with Gasteiger partial charge in [-0.25, -0.2) is 4.39 Å². The first kappa shape index (κ1) is 23.0. The zero-order chi connectivity index (χ0) is 21.9. The molecule has 8 nitrogen and oxygen atoms in total. The summed E-state index contributed by atoms with van der Waals surface area (Å²) in [6.07, 6.45) is 0.213. The molecule has 0 aliphatic carbocycles. The first-order valence-corrected chi connectivity index (χ1v) is 9.68. The van der Waals surface area contributed by atoms with Gasteiger partial charge < -0.3 is 10.1 Å². The van der Waals surface area contributed by atoms with Gasteiger partial charge in [-0.15, -0.1) is 0 Å². The second-order valence-corrected chi connectivity index (χ2v) is 6.99. The van der Waals surface area contributed by atoms with E-state index in [-0.39, 0.29) is 25.2 Å². The molecule has 3 N–H and O–H groups in total. The van der Waals surface area contributed by atoms with E-state index >= 15 is 0 Å². The highest BCUT2D eigenvalue weighted by atomic mass is 79.9. The van der Waals surface area contributed by atoms with E-state index in [4.69, 9.17) is 4.74 Å². The van der Waals surface area contributed by atoms with Crippen LogP contribution in [0.3, 0.4) is 0 Å². The van der Waals surface area contributed by atoms with Crippen molar-refractivity contribution in [2.24, 2.45) is 0 Å². The molecule has 0 unspecified atom stereocenters. The van der Waals surface area contributed by atoms with Crippen molar-refractivity contribution >= 4 is 45.3 Å². The summed E-state index contributed by atoms with van der Waals surface area (Å²) < 4.78 is 18.4. The SMILES string of the molecule is O=C(COC(=O)CCCC(=O)Nc1ccc(F)cc1)NNC(=O)c1ccc(Br)cc1. The Morgan fingerprint density at radius 1 is 0.867 bits per heavy atom. The average molecular weight is 480 g/mol. The summed E-state index contributed by atoms with van der Waals surface area (Å²) in [5.74, 6) is -2.62. The number of carbonyl (C=O) groups excluding carboxylic acids is 4. The summed E-state index contributed by atoms with van der Waals surface area (Å²) in [7, 11) is 0. The monoisotopic (exact) mass is 479 g/mol. The van der Waals surface area contributed by atoms with E-state index in [1.54, 1.807) is 24.3 Å². The van der Waals surface area contributed by atoms with Crippen molar-refractivity contribution in [3.63, 3.8) is 0 Å². The van der Waals surface area contributed by atoms with Crippen LogP contribution in [0.25, 0.3) is 0 Å². The molecule has 2 aromatic rings. The predicted octanol–water partition coefficient (Wildman–Crippen LogP) is 2.70. The van der Waals surface area contributed by atoms with Crippen LogP contribution in [-0.2, 0) is 19.1 Å². The Morgan fingerprint density at radius 3 is 2.20 bits per heavy atom. The number of amides is 3.